The van der Waals surface area contributed by atoms with E-state index in [1.807, 2.05) is 0 Å². The van der Waals surface area contributed by atoms with E-state index in [2.05, 4.69) is 5.10 Å². The van der Waals surface area contributed by atoms with E-state index in [9.17, 15) is 0 Å². The largest absolute Gasteiger partial charge is 0.375 e. The summed E-state index contributed by atoms with van der Waals surface area (Å²) in [5.74, 6) is 0.639. The van der Waals surface area contributed by atoms with E-state index in [0.29, 0.717) is 11.0 Å². The molecule has 1 unspecified atom stereocenters. The lowest BCUT2D eigenvalue weighted by atomic mass is 9.88. The van der Waals surface area contributed by atoms with Crippen LogP contribution in [-0.4, -0.2) is 22.4 Å². The van der Waals surface area contributed by atoms with Crippen LogP contribution >= 0.6 is 12.2 Å². The molecule has 66 valence electrons. The van der Waals surface area contributed by atoms with Gasteiger partial charge in [0.05, 0.1) is 6.54 Å². The molecule has 0 spiro atoms. The first-order valence-electron chi connectivity index (χ1n) is 4.41. The molecule has 1 aliphatic heterocycles. The van der Waals surface area contributed by atoms with Crippen LogP contribution in [0.4, 0.5) is 0 Å². The van der Waals surface area contributed by atoms with E-state index in [1.165, 1.54) is 25.0 Å². The summed E-state index contributed by atoms with van der Waals surface area (Å²) in [6, 6.07) is 0. The van der Waals surface area contributed by atoms with Gasteiger partial charge in [0, 0.05) is 11.6 Å². The molecule has 0 amide bonds. The van der Waals surface area contributed by atoms with E-state index in [4.69, 9.17) is 18.0 Å². The second-order valence-electron chi connectivity index (χ2n) is 3.45. The molecule has 2 N–H and O–H groups in total. The Balaban J connectivity index is 2.09. The van der Waals surface area contributed by atoms with Gasteiger partial charge in [-0.05, 0) is 31.5 Å². The Morgan fingerprint density at radius 2 is 2.42 bits per heavy atom. The molecule has 0 bridgehead atoms. The summed E-state index contributed by atoms with van der Waals surface area (Å²) in [5, 5.41) is 6.57. The van der Waals surface area contributed by atoms with Crippen molar-refractivity contribution in [3.05, 3.63) is 0 Å². The molecule has 2 rings (SSSR count). The van der Waals surface area contributed by atoms with Crippen molar-refractivity contribution in [2.75, 3.05) is 6.54 Å². The van der Waals surface area contributed by atoms with Crippen molar-refractivity contribution in [1.29, 1.82) is 0 Å². The number of nitrogens with zero attached hydrogens (tertiary/aromatic N) is 2. The van der Waals surface area contributed by atoms with Gasteiger partial charge in [0.25, 0.3) is 0 Å². The highest BCUT2D eigenvalue weighted by molar-refractivity contribution is 7.80. The number of hydrazone groups is 1. The number of fused-ring (bicyclic) bond motifs is 1. The number of nitrogens with two attached hydrogens (primary N) is 1. The third kappa shape index (κ3) is 1.31. The zero-order valence-corrected chi connectivity index (χ0v) is 7.81. The fourth-order valence-electron chi connectivity index (χ4n) is 1.94. The Bertz CT molecular complexity index is 236. The molecule has 3 nitrogen and oxygen atoms in total. The van der Waals surface area contributed by atoms with Gasteiger partial charge in [0.1, 0.15) is 0 Å². The first-order chi connectivity index (χ1) is 5.77. The quantitative estimate of drug-likeness (QED) is 0.572. The van der Waals surface area contributed by atoms with E-state index < -0.39 is 0 Å². The van der Waals surface area contributed by atoms with Gasteiger partial charge in [-0.1, -0.05) is 6.42 Å². The SMILES string of the molecule is NC(=S)N1CC2CCCCC2=N1. The summed E-state index contributed by atoms with van der Waals surface area (Å²) < 4.78 is 0. The number of thiocarbonyl (C=S) groups is 1. The minimum atomic E-state index is 0.414. The van der Waals surface area contributed by atoms with Crippen molar-refractivity contribution in [3.63, 3.8) is 0 Å². The molecule has 1 atom stereocenters. The minimum Gasteiger partial charge on any atom is -0.375 e. The van der Waals surface area contributed by atoms with Crippen molar-refractivity contribution in [1.82, 2.24) is 5.01 Å². The van der Waals surface area contributed by atoms with E-state index in [0.717, 1.165) is 13.0 Å². The topological polar surface area (TPSA) is 41.6 Å². The number of hydrogen-bond acceptors (Lipinski definition) is 2. The Morgan fingerprint density at radius 1 is 1.58 bits per heavy atom. The van der Waals surface area contributed by atoms with Crippen LogP contribution in [0.25, 0.3) is 0 Å². The Kier molecular flexibility index (Phi) is 2.00. The van der Waals surface area contributed by atoms with Crippen LogP contribution in [0.15, 0.2) is 5.10 Å². The molecular weight excluding hydrogens is 170 g/mol. The van der Waals surface area contributed by atoms with Gasteiger partial charge in [-0.25, -0.2) is 5.01 Å². The maximum atomic E-state index is 5.50. The van der Waals surface area contributed by atoms with E-state index in [-0.39, 0.29) is 0 Å². The van der Waals surface area contributed by atoms with Crippen LogP contribution in [0.5, 0.6) is 0 Å². The smallest absolute Gasteiger partial charge is 0.186 e. The second kappa shape index (κ2) is 3.01. The summed E-state index contributed by atoms with van der Waals surface area (Å²) in [7, 11) is 0. The first kappa shape index (κ1) is 7.98. The summed E-state index contributed by atoms with van der Waals surface area (Å²) in [4.78, 5) is 0. The molecule has 1 fully saturated rings. The zero-order valence-electron chi connectivity index (χ0n) is 6.99. The molecule has 0 aromatic rings. The normalized spacial score (nSPS) is 28.2. The van der Waals surface area contributed by atoms with Gasteiger partial charge in [-0.2, -0.15) is 5.10 Å². The fourth-order valence-corrected chi connectivity index (χ4v) is 2.06. The summed E-state index contributed by atoms with van der Waals surface area (Å²) >= 11 is 4.87. The highest BCUT2D eigenvalue weighted by atomic mass is 32.1. The minimum absolute atomic E-state index is 0.414. The molecule has 0 aromatic carbocycles. The molecule has 0 radical (unpaired) electrons. The molecule has 12 heavy (non-hydrogen) atoms. The second-order valence-corrected chi connectivity index (χ2v) is 3.87. The van der Waals surface area contributed by atoms with Crippen LogP contribution in [0.2, 0.25) is 0 Å². The standard InChI is InChI=1S/C8H13N3S/c9-8(12)11-5-6-3-1-2-4-7(6)10-11/h6H,1-5H2,(H2,9,12). The van der Waals surface area contributed by atoms with Gasteiger partial charge in [-0.3, -0.25) is 0 Å². The average Bonchev–Trinajstić information content (AvgIpc) is 2.46. The van der Waals surface area contributed by atoms with Crippen LogP contribution in [0, 0.1) is 5.92 Å². The predicted molar refractivity (Wildman–Crippen MR) is 52.9 cm³/mol. The maximum absolute atomic E-state index is 5.50. The van der Waals surface area contributed by atoms with Crippen molar-refractivity contribution in [2.24, 2.45) is 16.8 Å². The lowest BCUT2D eigenvalue weighted by Gasteiger charge is -2.17. The molecule has 1 aliphatic carbocycles. The molecule has 1 heterocycles. The zero-order chi connectivity index (χ0) is 8.55. The Labute approximate surface area is 77.6 Å². The third-order valence-electron chi connectivity index (χ3n) is 2.60. The molecule has 2 aliphatic rings. The van der Waals surface area contributed by atoms with Crippen LogP contribution < -0.4 is 5.73 Å². The van der Waals surface area contributed by atoms with Gasteiger partial charge in [0.2, 0.25) is 0 Å². The monoisotopic (exact) mass is 183 g/mol. The molecular formula is C8H13N3S. The molecule has 1 saturated carbocycles. The van der Waals surface area contributed by atoms with Crippen molar-refractivity contribution in [2.45, 2.75) is 25.7 Å². The summed E-state index contributed by atoms with van der Waals surface area (Å²) in [5.41, 5.74) is 6.82. The van der Waals surface area contributed by atoms with E-state index in [1.54, 1.807) is 5.01 Å². The van der Waals surface area contributed by atoms with Crippen molar-refractivity contribution in [3.8, 4) is 0 Å². The molecule has 4 heteroatoms. The van der Waals surface area contributed by atoms with Gasteiger partial charge >= 0.3 is 0 Å². The van der Waals surface area contributed by atoms with Crippen LogP contribution in [0.1, 0.15) is 25.7 Å². The van der Waals surface area contributed by atoms with Gasteiger partial charge in [-0.15, -0.1) is 0 Å². The number of hydrogen-bond donors (Lipinski definition) is 1. The first-order valence-corrected chi connectivity index (χ1v) is 4.82. The van der Waals surface area contributed by atoms with Gasteiger partial charge < -0.3 is 5.73 Å². The third-order valence-corrected chi connectivity index (χ3v) is 2.81. The van der Waals surface area contributed by atoms with Crippen molar-refractivity contribution >= 4 is 23.0 Å². The summed E-state index contributed by atoms with van der Waals surface area (Å²) in [6.07, 6.45) is 5.01. The summed E-state index contributed by atoms with van der Waals surface area (Å²) in [6.45, 7) is 0.921. The lowest BCUT2D eigenvalue weighted by Crippen LogP contribution is -2.31. The highest BCUT2D eigenvalue weighted by Crippen LogP contribution is 2.27. The average molecular weight is 183 g/mol. The van der Waals surface area contributed by atoms with Crippen LogP contribution in [0.3, 0.4) is 0 Å². The maximum Gasteiger partial charge on any atom is 0.186 e. The fraction of sp³-hybridized carbons (Fsp3) is 0.750. The van der Waals surface area contributed by atoms with Gasteiger partial charge in [0.15, 0.2) is 5.11 Å². The lowest BCUT2D eigenvalue weighted by molar-refractivity contribution is 0.424. The van der Waals surface area contributed by atoms with Crippen molar-refractivity contribution < 1.29 is 0 Å². The number of rotatable bonds is 0. The predicted octanol–water partition coefficient (Wildman–Crippen LogP) is 1.09. The van der Waals surface area contributed by atoms with Crippen LogP contribution in [-0.2, 0) is 0 Å². The molecule has 0 saturated heterocycles. The molecule has 0 aromatic heterocycles. The van der Waals surface area contributed by atoms with E-state index >= 15 is 0 Å². The highest BCUT2D eigenvalue weighted by Gasteiger charge is 2.29. The Morgan fingerprint density at radius 3 is 3.08 bits per heavy atom. The Hall–Kier alpha value is -0.640.